The Morgan fingerprint density at radius 1 is 1.25 bits per heavy atom. The minimum Gasteiger partial charge on any atom is -0.348 e. The summed E-state index contributed by atoms with van der Waals surface area (Å²) in [5.41, 5.74) is 5.18. The molecular formula is C24H28N6O2. The van der Waals surface area contributed by atoms with Crippen LogP contribution in [0.5, 0.6) is 0 Å². The number of fused-ring (bicyclic) bond motifs is 1. The first-order chi connectivity index (χ1) is 15.3. The summed E-state index contributed by atoms with van der Waals surface area (Å²) in [4.78, 5) is 37.6. The monoisotopic (exact) mass is 432 g/mol. The number of pyridine rings is 2. The maximum atomic E-state index is 13.4. The van der Waals surface area contributed by atoms with E-state index in [0.29, 0.717) is 17.6 Å². The first-order valence-corrected chi connectivity index (χ1v) is 10.8. The molecule has 1 aliphatic rings. The Hall–Kier alpha value is -3.55. The second-order valence-corrected chi connectivity index (χ2v) is 8.56. The van der Waals surface area contributed by atoms with E-state index in [9.17, 15) is 9.59 Å². The first kappa shape index (κ1) is 21.7. The van der Waals surface area contributed by atoms with Crippen molar-refractivity contribution in [2.75, 3.05) is 0 Å². The van der Waals surface area contributed by atoms with Crippen molar-refractivity contribution in [2.24, 2.45) is 4.99 Å². The van der Waals surface area contributed by atoms with E-state index in [1.165, 1.54) is 0 Å². The van der Waals surface area contributed by atoms with Crippen molar-refractivity contribution in [3.63, 3.8) is 0 Å². The van der Waals surface area contributed by atoms with Crippen molar-refractivity contribution in [1.82, 2.24) is 25.1 Å². The normalized spacial score (nSPS) is 15.4. The Morgan fingerprint density at radius 2 is 1.97 bits per heavy atom. The van der Waals surface area contributed by atoms with Gasteiger partial charge in [0.05, 0.1) is 17.0 Å². The van der Waals surface area contributed by atoms with Crippen LogP contribution < -0.4 is 21.6 Å². The summed E-state index contributed by atoms with van der Waals surface area (Å²) in [6, 6.07) is 5.66. The highest BCUT2D eigenvalue weighted by Gasteiger charge is 2.26. The highest BCUT2D eigenvalue weighted by atomic mass is 16.2. The molecule has 0 aromatic carbocycles. The lowest BCUT2D eigenvalue weighted by Crippen LogP contribution is -2.41. The molecule has 1 aliphatic heterocycles. The summed E-state index contributed by atoms with van der Waals surface area (Å²) in [6.07, 6.45) is 3.92. The third-order valence-corrected chi connectivity index (χ3v) is 5.81. The molecule has 0 radical (unpaired) electrons. The number of hydrogen-bond donors (Lipinski definition) is 2. The maximum absolute atomic E-state index is 13.4. The number of nitrogens with zero attached hydrogens (tertiary/aromatic N) is 4. The molecule has 32 heavy (non-hydrogen) atoms. The summed E-state index contributed by atoms with van der Waals surface area (Å²) >= 11 is 0. The number of carbonyl (C=O) groups excluding carboxylic acids is 1. The number of aryl methyl sites for hydroxylation is 3. The quantitative estimate of drug-likeness (QED) is 0.640. The van der Waals surface area contributed by atoms with Crippen LogP contribution in [0.4, 0.5) is 0 Å². The van der Waals surface area contributed by atoms with Crippen molar-refractivity contribution < 1.29 is 4.79 Å². The van der Waals surface area contributed by atoms with Crippen LogP contribution >= 0.6 is 0 Å². The lowest BCUT2D eigenvalue weighted by atomic mass is 9.95. The average molecular weight is 433 g/mol. The number of H-pyrrole nitrogens is 1. The predicted octanol–water partition coefficient (Wildman–Crippen LogP) is 1.70. The highest BCUT2D eigenvalue weighted by Crippen LogP contribution is 2.26. The molecular weight excluding hydrogens is 404 g/mol. The number of rotatable bonds is 5. The molecule has 3 aromatic heterocycles. The lowest BCUT2D eigenvalue weighted by Gasteiger charge is -2.19. The van der Waals surface area contributed by atoms with Gasteiger partial charge >= 0.3 is 0 Å². The predicted molar refractivity (Wildman–Crippen MR) is 122 cm³/mol. The van der Waals surface area contributed by atoms with Gasteiger partial charge in [0.15, 0.2) is 5.49 Å². The van der Waals surface area contributed by atoms with Crippen LogP contribution in [0.1, 0.15) is 60.4 Å². The van der Waals surface area contributed by atoms with E-state index in [2.05, 4.69) is 20.4 Å². The Morgan fingerprint density at radius 3 is 2.62 bits per heavy atom. The number of aromatic nitrogens is 4. The Kier molecular flexibility index (Phi) is 5.78. The van der Waals surface area contributed by atoms with Gasteiger partial charge in [-0.05, 0) is 63.9 Å². The highest BCUT2D eigenvalue weighted by molar-refractivity contribution is 6.13. The average Bonchev–Trinajstić information content (AvgIpc) is 3.09. The molecule has 8 heteroatoms. The molecule has 1 unspecified atom stereocenters. The largest absolute Gasteiger partial charge is 0.348 e. The second kappa shape index (κ2) is 8.53. The van der Waals surface area contributed by atoms with Gasteiger partial charge in [0.1, 0.15) is 0 Å². The fourth-order valence-electron chi connectivity index (χ4n) is 4.22. The summed E-state index contributed by atoms with van der Waals surface area (Å²) in [5, 5.41) is 8.41. The molecule has 0 fully saturated rings. The number of nitrogens with one attached hydrogen (secondary N) is 2. The molecule has 0 aliphatic carbocycles. The van der Waals surface area contributed by atoms with Gasteiger partial charge in [-0.25, -0.2) is 4.68 Å². The molecule has 0 saturated carbocycles. The fraction of sp³-hybridized carbons (Fsp3) is 0.375. The van der Waals surface area contributed by atoms with Gasteiger partial charge in [-0.15, -0.1) is 0 Å². The first-order valence-electron chi connectivity index (χ1n) is 10.8. The molecule has 0 spiro atoms. The standard InChI is InChI=1S/C24H28N6O2/c1-13(2)30-22-21(16(5)29-30)18(11-20(28-22)17-6-8-25-9-7-17)23(31)26-12-19-14(3)10-15(4)27-24(19)32/h6-10,13,20H,11-12H2,1-5H3,(H,26,31)(H,27,32). The summed E-state index contributed by atoms with van der Waals surface area (Å²) in [5.74, 6) is -0.203. The smallest absolute Gasteiger partial charge is 0.253 e. The Bertz CT molecular complexity index is 1350. The maximum Gasteiger partial charge on any atom is 0.253 e. The zero-order valence-corrected chi connectivity index (χ0v) is 19.1. The van der Waals surface area contributed by atoms with Gasteiger partial charge in [-0.3, -0.25) is 19.6 Å². The zero-order chi connectivity index (χ0) is 23.0. The Labute approximate surface area is 186 Å². The van der Waals surface area contributed by atoms with Crippen LogP contribution in [0.3, 0.4) is 0 Å². The Balaban J connectivity index is 1.76. The molecule has 166 valence electrons. The van der Waals surface area contributed by atoms with Gasteiger partial charge in [0.2, 0.25) is 5.91 Å². The van der Waals surface area contributed by atoms with Crippen molar-refractivity contribution in [1.29, 1.82) is 0 Å². The molecule has 4 heterocycles. The van der Waals surface area contributed by atoms with Crippen LogP contribution in [0, 0.1) is 20.8 Å². The summed E-state index contributed by atoms with van der Waals surface area (Å²) < 4.78 is 1.88. The van der Waals surface area contributed by atoms with Crippen LogP contribution in [0.25, 0.3) is 5.57 Å². The van der Waals surface area contributed by atoms with E-state index in [-0.39, 0.29) is 30.1 Å². The zero-order valence-electron chi connectivity index (χ0n) is 19.1. The number of amides is 1. The third kappa shape index (κ3) is 4.00. The van der Waals surface area contributed by atoms with Crippen LogP contribution in [0.15, 0.2) is 40.4 Å². The van der Waals surface area contributed by atoms with Gasteiger partial charge in [0.25, 0.3) is 5.56 Å². The van der Waals surface area contributed by atoms with Gasteiger partial charge in [-0.1, -0.05) is 0 Å². The van der Waals surface area contributed by atoms with Crippen molar-refractivity contribution >= 4 is 11.5 Å². The SMILES string of the molecule is Cc1cc(C)c(CNC(=O)C2=c3c(C)nn(C(C)C)c3=NC(c3ccncc3)C2)c(=O)[nH]1. The van der Waals surface area contributed by atoms with Crippen molar-refractivity contribution in [3.8, 4) is 0 Å². The van der Waals surface area contributed by atoms with Crippen molar-refractivity contribution in [2.45, 2.75) is 59.7 Å². The number of hydrogen-bond acceptors (Lipinski definition) is 5. The van der Waals surface area contributed by atoms with E-state index in [1.807, 2.05) is 57.5 Å². The van der Waals surface area contributed by atoms with Gasteiger partial charge in [-0.2, -0.15) is 5.10 Å². The molecule has 8 nitrogen and oxygen atoms in total. The molecule has 4 rings (SSSR count). The third-order valence-electron chi connectivity index (χ3n) is 5.81. The van der Waals surface area contributed by atoms with E-state index in [4.69, 9.17) is 4.99 Å². The van der Waals surface area contributed by atoms with E-state index in [0.717, 1.165) is 33.2 Å². The minimum absolute atomic E-state index is 0.107. The molecule has 3 aromatic rings. The van der Waals surface area contributed by atoms with Crippen LogP contribution in [-0.2, 0) is 11.3 Å². The fourth-order valence-corrected chi connectivity index (χ4v) is 4.22. The van der Waals surface area contributed by atoms with Gasteiger partial charge < -0.3 is 10.3 Å². The molecule has 1 amide bonds. The molecule has 0 saturated heterocycles. The number of carbonyl (C=O) groups is 1. The lowest BCUT2D eigenvalue weighted by molar-refractivity contribution is -0.116. The molecule has 0 bridgehead atoms. The van der Waals surface area contributed by atoms with Gasteiger partial charge in [0, 0.05) is 48.2 Å². The minimum atomic E-state index is -0.204. The van der Waals surface area contributed by atoms with Crippen molar-refractivity contribution in [3.05, 3.63) is 79.7 Å². The second-order valence-electron chi connectivity index (χ2n) is 8.56. The number of aromatic amines is 1. The van der Waals surface area contributed by atoms with E-state index < -0.39 is 0 Å². The summed E-state index contributed by atoms with van der Waals surface area (Å²) in [6.45, 7) is 9.88. The molecule has 1 atom stereocenters. The van der Waals surface area contributed by atoms with Crippen LogP contribution in [0.2, 0.25) is 0 Å². The van der Waals surface area contributed by atoms with E-state index in [1.54, 1.807) is 12.4 Å². The van der Waals surface area contributed by atoms with Crippen LogP contribution in [-0.4, -0.2) is 25.7 Å². The van der Waals surface area contributed by atoms with E-state index >= 15 is 0 Å². The topological polar surface area (TPSA) is 105 Å². The molecule has 2 N–H and O–H groups in total. The summed E-state index contributed by atoms with van der Waals surface area (Å²) in [7, 11) is 0.